The molecule has 2 aromatic carbocycles. The monoisotopic (exact) mass is 335 g/mol. The number of hydrogen-bond acceptors (Lipinski definition) is 3. The fourth-order valence-electron chi connectivity index (χ4n) is 2.54. The van der Waals surface area contributed by atoms with E-state index in [9.17, 15) is 13.5 Å². The van der Waals surface area contributed by atoms with Gasteiger partial charge in [0.1, 0.15) is 5.75 Å². The molecule has 0 saturated heterocycles. The van der Waals surface area contributed by atoms with Crippen LogP contribution in [-0.4, -0.2) is 30.9 Å². The van der Waals surface area contributed by atoms with Gasteiger partial charge < -0.3 is 5.11 Å². The summed E-state index contributed by atoms with van der Waals surface area (Å²) in [5, 5.41) is 11.2. The molecule has 23 heavy (non-hydrogen) atoms. The van der Waals surface area contributed by atoms with Gasteiger partial charge in [-0.15, -0.1) is 0 Å². The molecular weight excluding hydrogens is 310 g/mol. The summed E-state index contributed by atoms with van der Waals surface area (Å²) in [6.07, 6.45) is 3.67. The minimum atomic E-state index is -3.48. The molecule has 4 nitrogen and oxygen atoms in total. The largest absolute Gasteiger partial charge is 0.508 e. The smallest absolute Gasteiger partial charge is 0.243 e. The maximum Gasteiger partial charge on any atom is 0.243 e. The third-order valence-corrected chi connectivity index (χ3v) is 5.85. The van der Waals surface area contributed by atoms with Crippen molar-refractivity contribution in [3.63, 3.8) is 0 Å². The topological polar surface area (TPSA) is 57.6 Å². The van der Waals surface area contributed by atoms with Gasteiger partial charge in [0.15, 0.2) is 0 Å². The van der Waals surface area contributed by atoms with Crippen LogP contribution in [0, 0.1) is 0 Å². The first-order valence-corrected chi connectivity index (χ1v) is 9.66. The van der Waals surface area contributed by atoms with Crippen molar-refractivity contribution in [2.24, 2.45) is 0 Å². The number of unbranched alkanes of at least 4 members (excludes halogenated alkanes) is 2. The molecule has 126 valence electrons. The van der Waals surface area contributed by atoms with Crippen LogP contribution in [0.3, 0.4) is 0 Å². The van der Waals surface area contributed by atoms with E-state index in [2.05, 4.69) is 13.8 Å². The lowest BCUT2D eigenvalue weighted by Crippen LogP contribution is -2.33. The molecule has 0 aliphatic carbocycles. The van der Waals surface area contributed by atoms with Gasteiger partial charge in [-0.05, 0) is 47.9 Å². The first kappa shape index (κ1) is 17.8. The van der Waals surface area contributed by atoms with E-state index in [1.807, 2.05) is 0 Å². The van der Waals surface area contributed by atoms with Crippen molar-refractivity contribution in [1.82, 2.24) is 4.31 Å². The Morgan fingerprint density at radius 1 is 0.913 bits per heavy atom. The average molecular weight is 335 g/mol. The summed E-state index contributed by atoms with van der Waals surface area (Å²) < 4.78 is 27.5. The van der Waals surface area contributed by atoms with Crippen LogP contribution in [-0.2, 0) is 10.0 Å². The Bertz CT molecular complexity index is 748. The third kappa shape index (κ3) is 4.24. The highest BCUT2D eigenvalue weighted by molar-refractivity contribution is 7.89. The van der Waals surface area contributed by atoms with E-state index >= 15 is 0 Å². The molecular formula is C18H25NO3S. The predicted octanol–water partition coefficient (Wildman–Crippen LogP) is 4.14. The number of phenols is 1. The van der Waals surface area contributed by atoms with Gasteiger partial charge in [-0.25, -0.2) is 8.42 Å². The molecule has 0 unspecified atom stereocenters. The van der Waals surface area contributed by atoms with Crippen LogP contribution in [0.2, 0.25) is 0 Å². The Balaban J connectivity index is 2.36. The number of aromatic hydroxyl groups is 1. The zero-order valence-corrected chi connectivity index (χ0v) is 14.6. The van der Waals surface area contributed by atoms with Crippen molar-refractivity contribution in [1.29, 1.82) is 0 Å². The van der Waals surface area contributed by atoms with E-state index in [4.69, 9.17) is 0 Å². The van der Waals surface area contributed by atoms with E-state index in [0.717, 1.165) is 36.5 Å². The van der Waals surface area contributed by atoms with Crippen molar-refractivity contribution in [3.05, 3.63) is 36.4 Å². The lowest BCUT2D eigenvalue weighted by atomic mass is 10.1. The van der Waals surface area contributed by atoms with Gasteiger partial charge >= 0.3 is 0 Å². The molecule has 2 rings (SSSR count). The Kier molecular flexibility index (Phi) is 6.02. The molecule has 0 bridgehead atoms. The number of sulfonamides is 1. The van der Waals surface area contributed by atoms with E-state index < -0.39 is 10.0 Å². The number of benzene rings is 2. The first-order chi connectivity index (χ1) is 11.0. The molecule has 2 aromatic rings. The summed E-state index contributed by atoms with van der Waals surface area (Å²) in [6, 6.07) is 10.0. The quantitative estimate of drug-likeness (QED) is 0.789. The fourth-order valence-corrected chi connectivity index (χ4v) is 4.09. The molecule has 0 aromatic heterocycles. The molecule has 0 aliphatic heterocycles. The summed E-state index contributed by atoms with van der Waals surface area (Å²) >= 11 is 0. The average Bonchev–Trinajstić information content (AvgIpc) is 2.54. The zero-order valence-electron chi connectivity index (χ0n) is 13.8. The van der Waals surface area contributed by atoms with Crippen LogP contribution in [0.1, 0.15) is 39.5 Å². The van der Waals surface area contributed by atoms with Crippen LogP contribution in [0.25, 0.3) is 10.8 Å². The van der Waals surface area contributed by atoms with Crippen molar-refractivity contribution in [2.45, 2.75) is 44.4 Å². The van der Waals surface area contributed by atoms with Crippen LogP contribution in [0.15, 0.2) is 41.3 Å². The number of fused-ring (bicyclic) bond motifs is 1. The molecule has 5 heteroatoms. The fraction of sp³-hybridized carbons (Fsp3) is 0.444. The Morgan fingerprint density at radius 3 is 2.09 bits per heavy atom. The highest BCUT2D eigenvalue weighted by atomic mass is 32.2. The maximum absolute atomic E-state index is 12.9. The molecule has 0 heterocycles. The van der Waals surface area contributed by atoms with Gasteiger partial charge in [-0.1, -0.05) is 38.8 Å². The molecule has 0 spiro atoms. The number of hydrogen-bond donors (Lipinski definition) is 1. The molecule has 0 radical (unpaired) electrons. The minimum Gasteiger partial charge on any atom is -0.508 e. The van der Waals surface area contributed by atoms with Crippen LogP contribution in [0.5, 0.6) is 5.75 Å². The number of phenolic OH excluding ortho intramolecular Hbond substituents is 1. The lowest BCUT2D eigenvalue weighted by Gasteiger charge is -2.22. The van der Waals surface area contributed by atoms with Gasteiger partial charge in [0.25, 0.3) is 0 Å². The second-order valence-corrected chi connectivity index (χ2v) is 7.74. The van der Waals surface area contributed by atoms with Gasteiger partial charge in [-0.2, -0.15) is 4.31 Å². The zero-order chi connectivity index (χ0) is 16.9. The second kappa shape index (κ2) is 7.79. The lowest BCUT2D eigenvalue weighted by molar-refractivity contribution is 0.395. The Labute approximate surface area is 138 Å². The van der Waals surface area contributed by atoms with Crippen molar-refractivity contribution < 1.29 is 13.5 Å². The van der Waals surface area contributed by atoms with E-state index in [-0.39, 0.29) is 5.75 Å². The van der Waals surface area contributed by atoms with Crippen LogP contribution in [0.4, 0.5) is 0 Å². The molecule has 1 N–H and O–H groups in total. The molecule has 0 atom stereocenters. The van der Waals surface area contributed by atoms with E-state index in [0.29, 0.717) is 18.0 Å². The maximum atomic E-state index is 12.9. The summed E-state index contributed by atoms with van der Waals surface area (Å²) in [5.41, 5.74) is 0. The normalized spacial score (nSPS) is 12.1. The first-order valence-electron chi connectivity index (χ1n) is 8.22. The summed E-state index contributed by atoms with van der Waals surface area (Å²) in [5.74, 6) is 0.181. The molecule has 0 amide bonds. The summed E-state index contributed by atoms with van der Waals surface area (Å²) in [7, 11) is -3.48. The van der Waals surface area contributed by atoms with Gasteiger partial charge in [-0.3, -0.25) is 0 Å². The Hall–Kier alpha value is -1.59. The highest BCUT2D eigenvalue weighted by Crippen LogP contribution is 2.25. The summed E-state index contributed by atoms with van der Waals surface area (Å²) in [4.78, 5) is 0.322. The number of nitrogens with zero attached hydrogens (tertiary/aromatic N) is 1. The predicted molar refractivity (Wildman–Crippen MR) is 94.2 cm³/mol. The van der Waals surface area contributed by atoms with Crippen LogP contribution < -0.4 is 0 Å². The van der Waals surface area contributed by atoms with E-state index in [1.165, 1.54) is 0 Å². The second-order valence-electron chi connectivity index (χ2n) is 5.80. The standard InChI is InChI=1S/C18H25NO3S/c1-3-5-11-19(12-6-4-2)23(21,22)18-10-8-15-13-17(20)9-7-16(15)14-18/h7-10,13-14,20H,3-6,11-12H2,1-2H3. The summed E-state index contributed by atoms with van der Waals surface area (Å²) in [6.45, 7) is 5.25. The molecule has 0 saturated carbocycles. The van der Waals surface area contributed by atoms with E-state index in [1.54, 1.807) is 40.7 Å². The van der Waals surface area contributed by atoms with Gasteiger partial charge in [0, 0.05) is 13.1 Å². The number of rotatable bonds is 8. The highest BCUT2D eigenvalue weighted by Gasteiger charge is 2.23. The van der Waals surface area contributed by atoms with Gasteiger partial charge in [0.2, 0.25) is 10.0 Å². The minimum absolute atomic E-state index is 0.181. The van der Waals surface area contributed by atoms with Gasteiger partial charge in [0.05, 0.1) is 4.90 Å². The third-order valence-electron chi connectivity index (χ3n) is 3.96. The van der Waals surface area contributed by atoms with Crippen molar-refractivity contribution >= 4 is 20.8 Å². The Morgan fingerprint density at radius 2 is 1.48 bits per heavy atom. The molecule has 0 fully saturated rings. The SMILES string of the molecule is CCCCN(CCCC)S(=O)(=O)c1ccc2cc(O)ccc2c1. The van der Waals surface area contributed by atoms with Crippen LogP contribution >= 0.6 is 0 Å². The molecule has 0 aliphatic rings. The van der Waals surface area contributed by atoms with Crippen molar-refractivity contribution in [3.8, 4) is 5.75 Å². The van der Waals surface area contributed by atoms with Crippen molar-refractivity contribution in [2.75, 3.05) is 13.1 Å².